The van der Waals surface area contributed by atoms with Gasteiger partial charge >= 0.3 is 5.97 Å². The number of carbonyl (C=O) groups excluding carboxylic acids is 2. The van der Waals surface area contributed by atoms with Crippen LogP contribution in [0.25, 0.3) is 0 Å². The van der Waals surface area contributed by atoms with Crippen molar-refractivity contribution < 1.29 is 24.5 Å². The summed E-state index contributed by atoms with van der Waals surface area (Å²) in [4.78, 5) is 26.1. The second-order valence-electron chi connectivity index (χ2n) is 17.6. The van der Waals surface area contributed by atoms with Crippen molar-refractivity contribution >= 4 is 11.9 Å². The first kappa shape index (κ1) is 59.3. The lowest BCUT2D eigenvalue weighted by molar-refractivity contribution is -0.150. The summed E-state index contributed by atoms with van der Waals surface area (Å²) < 4.78 is 5.87. The Hall–Kier alpha value is -2.70. The van der Waals surface area contributed by atoms with E-state index in [1.54, 1.807) is 0 Å². The molecule has 0 saturated carbocycles. The lowest BCUT2D eigenvalue weighted by Gasteiger charge is -2.24. The minimum atomic E-state index is -0.810. The molecule has 0 aromatic rings. The molecular weight excluding hydrogens is 767 g/mol. The SMILES string of the molecule is CC/C=C/C=C/C=C/C=C\CCCCCC(CC(=O)NC(CO)C(O)CCCCCCCCCCCCCCCCCCC)OC(=O)CC/C=C/C/C=C\CCCCCCCC. The third kappa shape index (κ3) is 43.9. The Bertz CT molecular complexity index is 1150. The summed E-state index contributed by atoms with van der Waals surface area (Å²) in [7, 11) is 0. The zero-order valence-corrected chi connectivity index (χ0v) is 40.7. The molecule has 6 nitrogen and oxygen atoms in total. The van der Waals surface area contributed by atoms with E-state index in [9.17, 15) is 19.8 Å². The molecule has 3 unspecified atom stereocenters. The van der Waals surface area contributed by atoms with Crippen molar-refractivity contribution in [3.8, 4) is 0 Å². The number of allylic oxidation sites excluding steroid dienone is 12. The van der Waals surface area contributed by atoms with E-state index in [2.05, 4.69) is 68.6 Å². The largest absolute Gasteiger partial charge is 0.462 e. The van der Waals surface area contributed by atoms with Crippen molar-refractivity contribution in [1.29, 1.82) is 0 Å². The van der Waals surface area contributed by atoms with Crippen LogP contribution in [0.5, 0.6) is 0 Å². The quantitative estimate of drug-likeness (QED) is 0.0245. The number of rotatable bonds is 46. The Kier molecular flexibility index (Phi) is 47.2. The molecule has 358 valence electrons. The molecule has 62 heavy (non-hydrogen) atoms. The van der Waals surface area contributed by atoms with Gasteiger partial charge in [-0.3, -0.25) is 9.59 Å². The highest BCUT2D eigenvalue weighted by Crippen LogP contribution is 2.17. The fourth-order valence-electron chi connectivity index (χ4n) is 7.67. The van der Waals surface area contributed by atoms with Crippen LogP contribution in [0.15, 0.2) is 72.9 Å². The van der Waals surface area contributed by atoms with Crippen LogP contribution in [0.2, 0.25) is 0 Å². The van der Waals surface area contributed by atoms with Gasteiger partial charge in [0.25, 0.3) is 0 Å². The van der Waals surface area contributed by atoms with E-state index >= 15 is 0 Å². The van der Waals surface area contributed by atoms with E-state index in [1.165, 1.54) is 128 Å². The van der Waals surface area contributed by atoms with Gasteiger partial charge in [-0.05, 0) is 64.2 Å². The minimum Gasteiger partial charge on any atom is -0.462 e. The fourth-order valence-corrected chi connectivity index (χ4v) is 7.67. The second kappa shape index (κ2) is 49.3. The first-order valence-corrected chi connectivity index (χ1v) is 26.2. The van der Waals surface area contributed by atoms with Crippen LogP contribution in [0.3, 0.4) is 0 Å². The topological polar surface area (TPSA) is 95.9 Å². The van der Waals surface area contributed by atoms with Gasteiger partial charge in [-0.1, -0.05) is 241 Å². The van der Waals surface area contributed by atoms with Crippen LogP contribution in [0, 0.1) is 0 Å². The average molecular weight is 866 g/mol. The van der Waals surface area contributed by atoms with Gasteiger partial charge in [-0.2, -0.15) is 0 Å². The van der Waals surface area contributed by atoms with Crippen molar-refractivity contribution in [2.45, 2.75) is 264 Å². The van der Waals surface area contributed by atoms with Crippen molar-refractivity contribution in [3.05, 3.63) is 72.9 Å². The maximum atomic E-state index is 13.2. The van der Waals surface area contributed by atoms with E-state index in [1.807, 2.05) is 30.4 Å². The monoisotopic (exact) mass is 866 g/mol. The molecule has 0 heterocycles. The molecular formula is C56H99NO5. The first-order valence-electron chi connectivity index (χ1n) is 26.2. The zero-order valence-electron chi connectivity index (χ0n) is 40.7. The summed E-state index contributed by atoms with van der Waals surface area (Å²) >= 11 is 0. The van der Waals surface area contributed by atoms with E-state index < -0.39 is 18.2 Å². The highest BCUT2D eigenvalue weighted by Gasteiger charge is 2.24. The summed E-state index contributed by atoms with van der Waals surface area (Å²) in [6, 6.07) is -0.728. The predicted molar refractivity (Wildman–Crippen MR) is 268 cm³/mol. The van der Waals surface area contributed by atoms with Crippen LogP contribution in [-0.4, -0.2) is 46.9 Å². The molecule has 0 aromatic carbocycles. The Labute approximate surface area is 383 Å². The van der Waals surface area contributed by atoms with Crippen LogP contribution < -0.4 is 5.32 Å². The molecule has 3 N–H and O–H groups in total. The van der Waals surface area contributed by atoms with E-state index in [0.29, 0.717) is 19.3 Å². The van der Waals surface area contributed by atoms with E-state index in [0.717, 1.165) is 64.2 Å². The second-order valence-corrected chi connectivity index (χ2v) is 17.6. The number of esters is 1. The highest BCUT2D eigenvalue weighted by molar-refractivity contribution is 5.77. The Morgan fingerprint density at radius 1 is 0.500 bits per heavy atom. The number of aliphatic hydroxyl groups excluding tert-OH is 2. The van der Waals surface area contributed by atoms with Gasteiger partial charge in [-0.25, -0.2) is 0 Å². The zero-order chi connectivity index (χ0) is 45.2. The average Bonchev–Trinajstić information content (AvgIpc) is 3.26. The molecule has 0 aliphatic carbocycles. The van der Waals surface area contributed by atoms with Crippen molar-refractivity contribution in [3.63, 3.8) is 0 Å². The van der Waals surface area contributed by atoms with Gasteiger partial charge in [0.15, 0.2) is 0 Å². The van der Waals surface area contributed by atoms with Gasteiger partial charge < -0.3 is 20.3 Å². The normalized spacial score (nSPS) is 13.8. The maximum absolute atomic E-state index is 13.2. The number of hydrogen-bond acceptors (Lipinski definition) is 5. The summed E-state index contributed by atoms with van der Waals surface area (Å²) in [5.41, 5.74) is 0. The third-order valence-corrected chi connectivity index (χ3v) is 11.6. The van der Waals surface area contributed by atoms with Crippen molar-refractivity contribution in [2.24, 2.45) is 0 Å². The molecule has 0 aliphatic heterocycles. The smallest absolute Gasteiger partial charge is 0.306 e. The molecule has 0 spiro atoms. The Morgan fingerprint density at radius 2 is 0.935 bits per heavy atom. The molecule has 0 aromatic heterocycles. The number of ether oxygens (including phenoxy) is 1. The van der Waals surface area contributed by atoms with Crippen LogP contribution in [-0.2, 0) is 14.3 Å². The van der Waals surface area contributed by atoms with Gasteiger partial charge in [0.1, 0.15) is 6.10 Å². The third-order valence-electron chi connectivity index (χ3n) is 11.6. The van der Waals surface area contributed by atoms with E-state index in [4.69, 9.17) is 4.74 Å². The summed E-state index contributed by atoms with van der Waals surface area (Å²) in [6.07, 6.45) is 62.6. The number of amides is 1. The van der Waals surface area contributed by atoms with Crippen LogP contribution in [0.4, 0.5) is 0 Å². The molecule has 0 rings (SSSR count). The maximum Gasteiger partial charge on any atom is 0.306 e. The predicted octanol–water partition coefficient (Wildman–Crippen LogP) is 15.8. The first-order chi connectivity index (χ1) is 30.5. The minimum absolute atomic E-state index is 0.0268. The molecule has 3 atom stereocenters. The van der Waals surface area contributed by atoms with Gasteiger partial charge in [0, 0.05) is 6.42 Å². The van der Waals surface area contributed by atoms with Crippen molar-refractivity contribution in [2.75, 3.05) is 6.61 Å². The highest BCUT2D eigenvalue weighted by atomic mass is 16.5. The molecule has 0 saturated heterocycles. The lowest BCUT2D eigenvalue weighted by Crippen LogP contribution is -2.46. The van der Waals surface area contributed by atoms with Gasteiger partial charge in [-0.15, -0.1) is 0 Å². The molecule has 6 heteroatoms. The van der Waals surface area contributed by atoms with E-state index in [-0.39, 0.29) is 31.3 Å². The summed E-state index contributed by atoms with van der Waals surface area (Å²) in [6.45, 7) is 6.32. The molecule has 0 bridgehead atoms. The number of unbranched alkanes of at least 4 members (excludes halogenated alkanes) is 25. The lowest BCUT2D eigenvalue weighted by atomic mass is 10.0. The summed E-state index contributed by atoms with van der Waals surface area (Å²) in [5.74, 6) is -0.595. The van der Waals surface area contributed by atoms with Gasteiger partial charge in [0.2, 0.25) is 5.91 Å². The number of nitrogens with one attached hydrogen (secondary N) is 1. The molecule has 0 fully saturated rings. The summed E-state index contributed by atoms with van der Waals surface area (Å²) in [5, 5.41) is 23.8. The Morgan fingerprint density at radius 3 is 1.47 bits per heavy atom. The molecule has 1 amide bonds. The van der Waals surface area contributed by atoms with Crippen LogP contribution in [0.1, 0.15) is 245 Å². The van der Waals surface area contributed by atoms with Crippen LogP contribution >= 0.6 is 0 Å². The molecule has 0 aliphatic rings. The Balaban J connectivity index is 4.63. The number of aliphatic hydroxyl groups is 2. The number of carbonyl (C=O) groups is 2. The van der Waals surface area contributed by atoms with Crippen molar-refractivity contribution in [1.82, 2.24) is 5.32 Å². The van der Waals surface area contributed by atoms with Gasteiger partial charge in [0.05, 0.1) is 25.2 Å². The fraction of sp³-hybridized carbons (Fsp3) is 0.750. The standard InChI is InChI=1S/C56H99NO5/c1-4-7-10-13-16-19-22-25-26-27-28-31-33-36-39-42-45-48-54(59)53(51-58)57-55(60)50-52(47-44-41-38-35-32-29-23-20-17-14-11-8-5-2)62-56(61)49-46-43-40-37-34-30-24-21-18-15-12-9-6-3/h8,11,14,17,20,23,29-30,32,34,40,43,52-54,58-59H,4-7,9-10,12-13,15-16,18-19,21-22,24-28,31,33,35-39,41-42,44-51H2,1-3H3,(H,57,60)/b11-8+,17-14+,23-20+,32-29-,34-30-,43-40+. The molecule has 0 radical (unpaired) electrons. The number of hydrogen-bond donors (Lipinski definition) is 3.